The maximum absolute atomic E-state index is 11.5. The van der Waals surface area contributed by atoms with Crippen molar-refractivity contribution >= 4 is 19.7 Å². The SMILES string of the molecule is CCC1CCC(Oc2cc(C)c(S(=O)(=O)Cl)cc2C)CC1. The lowest BCUT2D eigenvalue weighted by Crippen LogP contribution is -2.24. The summed E-state index contributed by atoms with van der Waals surface area (Å²) in [5, 5.41) is 0. The molecular weight excluding hydrogens is 308 g/mol. The summed E-state index contributed by atoms with van der Waals surface area (Å²) < 4.78 is 29.1. The van der Waals surface area contributed by atoms with E-state index in [1.807, 2.05) is 6.92 Å². The minimum atomic E-state index is -3.70. The first-order valence-electron chi connectivity index (χ1n) is 7.53. The Morgan fingerprint density at radius 1 is 1.14 bits per heavy atom. The van der Waals surface area contributed by atoms with E-state index in [0.29, 0.717) is 5.56 Å². The standard InChI is InChI=1S/C16H23ClO3S/c1-4-13-5-7-14(8-6-13)20-15-9-12(3)16(10-11(15)2)21(17,18)19/h9-10,13-14H,4-8H2,1-3H3. The van der Waals surface area contributed by atoms with Crippen LogP contribution in [0.1, 0.15) is 50.2 Å². The second-order valence-corrected chi connectivity index (χ2v) is 8.52. The van der Waals surface area contributed by atoms with E-state index in [-0.39, 0.29) is 11.0 Å². The van der Waals surface area contributed by atoms with Crippen molar-refractivity contribution in [1.29, 1.82) is 0 Å². The summed E-state index contributed by atoms with van der Waals surface area (Å²) >= 11 is 0. The van der Waals surface area contributed by atoms with Crippen LogP contribution < -0.4 is 4.74 Å². The number of rotatable bonds is 4. The van der Waals surface area contributed by atoms with E-state index in [1.165, 1.54) is 19.3 Å². The van der Waals surface area contributed by atoms with Gasteiger partial charge in [0, 0.05) is 10.7 Å². The van der Waals surface area contributed by atoms with Crippen LogP contribution in [0.2, 0.25) is 0 Å². The predicted molar refractivity (Wildman–Crippen MR) is 85.6 cm³/mol. The molecule has 21 heavy (non-hydrogen) atoms. The second kappa shape index (κ2) is 6.57. The summed E-state index contributed by atoms with van der Waals surface area (Å²) in [6.07, 6.45) is 6.07. The maximum Gasteiger partial charge on any atom is 0.261 e. The third kappa shape index (κ3) is 4.13. The largest absolute Gasteiger partial charge is 0.490 e. The highest BCUT2D eigenvalue weighted by atomic mass is 35.7. The molecule has 1 aromatic rings. The van der Waals surface area contributed by atoms with E-state index >= 15 is 0 Å². The van der Waals surface area contributed by atoms with E-state index in [2.05, 4.69) is 6.92 Å². The first kappa shape index (κ1) is 16.6. The number of hydrogen-bond donors (Lipinski definition) is 0. The van der Waals surface area contributed by atoms with Crippen LogP contribution in [0.5, 0.6) is 5.75 Å². The molecule has 5 heteroatoms. The van der Waals surface area contributed by atoms with Crippen LogP contribution >= 0.6 is 10.7 Å². The first-order valence-corrected chi connectivity index (χ1v) is 9.84. The monoisotopic (exact) mass is 330 g/mol. The second-order valence-electron chi connectivity index (χ2n) is 5.99. The molecule has 1 aliphatic rings. The lowest BCUT2D eigenvalue weighted by Gasteiger charge is -2.29. The Labute approximate surface area is 132 Å². The van der Waals surface area contributed by atoms with Crippen molar-refractivity contribution < 1.29 is 13.2 Å². The predicted octanol–water partition coefficient (Wildman–Crippen LogP) is 4.58. The average Bonchev–Trinajstić information content (AvgIpc) is 2.42. The van der Waals surface area contributed by atoms with Crippen LogP contribution in [0.3, 0.4) is 0 Å². The molecule has 0 N–H and O–H groups in total. The fourth-order valence-corrected chi connectivity index (χ4v) is 4.25. The van der Waals surface area contributed by atoms with Crippen LogP contribution in [0.25, 0.3) is 0 Å². The fraction of sp³-hybridized carbons (Fsp3) is 0.625. The van der Waals surface area contributed by atoms with Crippen molar-refractivity contribution in [3.05, 3.63) is 23.3 Å². The zero-order chi connectivity index (χ0) is 15.6. The molecule has 0 amide bonds. The van der Waals surface area contributed by atoms with Crippen molar-refractivity contribution in [2.75, 3.05) is 0 Å². The van der Waals surface area contributed by atoms with Gasteiger partial charge in [-0.25, -0.2) is 8.42 Å². The van der Waals surface area contributed by atoms with E-state index in [1.54, 1.807) is 19.1 Å². The van der Waals surface area contributed by atoms with Gasteiger partial charge >= 0.3 is 0 Å². The number of ether oxygens (including phenoxy) is 1. The zero-order valence-corrected chi connectivity index (χ0v) is 14.4. The molecule has 118 valence electrons. The Balaban J connectivity index is 2.13. The molecule has 1 fully saturated rings. The zero-order valence-electron chi connectivity index (χ0n) is 12.9. The van der Waals surface area contributed by atoms with Gasteiger partial charge in [-0.3, -0.25) is 0 Å². The summed E-state index contributed by atoms with van der Waals surface area (Å²) in [6.45, 7) is 5.85. The number of halogens is 1. The van der Waals surface area contributed by atoms with Crippen molar-refractivity contribution in [1.82, 2.24) is 0 Å². The average molecular weight is 331 g/mol. The molecule has 0 atom stereocenters. The Morgan fingerprint density at radius 2 is 1.76 bits per heavy atom. The minimum absolute atomic E-state index is 0.170. The molecule has 1 aliphatic carbocycles. The van der Waals surface area contributed by atoms with Gasteiger partial charge in [0.05, 0.1) is 11.0 Å². The van der Waals surface area contributed by atoms with Crippen LogP contribution in [0.4, 0.5) is 0 Å². The Kier molecular flexibility index (Phi) is 5.20. The van der Waals surface area contributed by atoms with Gasteiger partial charge in [-0.2, -0.15) is 0 Å². The summed E-state index contributed by atoms with van der Waals surface area (Å²) in [4.78, 5) is 0.170. The van der Waals surface area contributed by atoms with Gasteiger partial charge in [0.15, 0.2) is 0 Å². The van der Waals surface area contributed by atoms with Crippen LogP contribution in [-0.2, 0) is 9.05 Å². The Hall–Kier alpha value is -0.740. The topological polar surface area (TPSA) is 43.4 Å². The van der Waals surface area contributed by atoms with Gasteiger partial charge in [0.2, 0.25) is 0 Å². The van der Waals surface area contributed by atoms with Crippen molar-refractivity contribution in [2.45, 2.75) is 63.9 Å². The number of hydrogen-bond acceptors (Lipinski definition) is 3. The molecule has 3 nitrogen and oxygen atoms in total. The van der Waals surface area contributed by atoms with Gasteiger partial charge in [-0.05, 0) is 68.7 Å². The Morgan fingerprint density at radius 3 is 2.29 bits per heavy atom. The van der Waals surface area contributed by atoms with E-state index in [4.69, 9.17) is 15.4 Å². The van der Waals surface area contributed by atoms with Crippen LogP contribution in [-0.4, -0.2) is 14.5 Å². The number of benzene rings is 1. The smallest absolute Gasteiger partial charge is 0.261 e. The molecule has 0 bridgehead atoms. The van der Waals surface area contributed by atoms with E-state index < -0.39 is 9.05 Å². The molecule has 0 radical (unpaired) electrons. The maximum atomic E-state index is 11.5. The highest BCUT2D eigenvalue weighted by Crippen LogP contribution is 2.32. The van der Waals surface area contributed by atoms with E-state index in [0.717, 1.165) is 30.1 Å². The molecular formula is C16H23ClO3S. The van der Waals surface area contributed by atoms with Gasteiger partial charge in [-0.15, -0.1) is 0 Å². The molecule has 0 saturated heterocycles. The third-order valence-corrected chi connectivity index (χ3v) is 5.86. The molecule has 0 spiro atoms. The normalized spacial score (nSPS) is 23.0. The molecule has 0 heterocycles. The van der Waals surface area contributed by atoms with Crippen molar-refractivity contribution in [2.24, 2.45) is 5.92 Å². The molecule has 0 aliphatic heterocycles. The highest BCUT2D eigenvalue weighted by molar-refractivity contribution is 8.13. The number of aryl methyl sites for hydroxylation is 2. The highest BCUT2D eigenvalue weighted by Gasteiger charge is 2.23. The molecule has 1 saturated carbocycles. The van der Waals surface area contributed by atoms with Crippen molar-refractivity contribution in [3.63, 3.8) is 0 Å². The first-order chi connectivity index (χ1) is 9.81. The minimum Gasteiger partial charge on any atom is -0.490 e. The van der Waals surface area contributed by atoms with Gasteiger partial charge in [0.1, 0.15) is 5.75 Å². The third-order valence-electron chi connectivity index (χ3n) is 4.40. The quantitative estimate of drug-likeness (QED) is 0.759. The van der Waals surface area contributed by atoms with E-state index in [9.17, 15) is 8.42 Å². The summed E-state index contributed by atoms with van der Waals surface area (Å²) in [7, 11) is 1.74. The van der Waals surface area contributed by atoms with Crippen LogP contribution in [0, 0.1) is 19.8 Å². The summed E-state index contributed by atoms with van der Waals surface area (Å²) in [5.74, 6) is 1.60. The summed E-state index contributed by atoms with van der Waals surface area (Å²) in [6, 6.07) is 3.39. The molecule has 0 aromatic heterocycles. The van der Waals surface area contributed by atoms with Gasteiger partial charge < -0.3 is 4.74 Å². The molecule has 0 unspecified atom stereocenters. The fourth-order valence-electron chi connectivity index (χ4n) is 2.99. The molecule has 1 aromatic carbocycles. The van der Waals surface area contributed by atoms with Gasteiger partial charge in [-0.1, -0.05) is 13.3 Å². The van der Waals surface area contributed by atoms with Crippen molar-refractivity contribution in [3.8, 4) is 5.75 Å². The summed E-state index contributed by atoms with van der Waals surface area (Å²) in [5.41, 5.74) is 1.45. The van der Waals surface area contributed by atoms with Crippen LogP contribution in [0.15, 0.2) is 17.0 Å². The molecule has 2 rings (SSSR count). The lowest BCUT2D eigenvalue weighted by molar-refractivity contribution is 0.129. The van der Waals surface area contributed by atoms with Gasteiger partial charge in [0.25, 0.3) is 9.05 Å². The lowest BCUT2D eigenvalue weighted by atomic mass is 9.86. The Bertz CT molecular complexity index is 602.